The van der Waals surface area contributed by atoms with Gasteiger partial charge in [-0.25, -0.2) is 0 Å². The summed E-state index contributed by atoms with van der Waals surface area (Å²) in [4.78, 5) is 12.2. The molecule has 1 aromatic rings. The maximum atomic E-state index is 12.2. The molecule has 0 aromatic heterocycles. The number of amides is 1. The van der Waals surface area contributed by atoms with Gasteiger partial charge in [-0.05, 0) is 44.1 Å². The molecule has 116 valence electrons. The molecule has 3 atom stereocenters. The van der Waals surface area contributed by atoms with Crippen molar-refractivity contribution in [2.45, 2.75) is 57.2 Å². The van der Waals surface area contributed by atoms with Gasteiger partial charge in [0.05, 0.1) is 6.04 Å². The maximum Gasteiger partial charge on any atom is 0.220 e. The Bertz CT molecular complexity index is 453. The minimum atomic E-state index is 0. The number of rotatable bonds is 4. The first-order chi connectivity index (χ1) is 9.70. The second kappa shape index (κ2) is 7.28. The standard InChI is InChI=1S/C17H24N2O.ClH/c1-12(14-5-3-2-4-6-14)18-17(20)11-13-9-15-7-8-16(10-13)19-15;/h2-6,12-13,15-16,19H,7-11H2,1H3,(H,18,20);1H. The van der Waals surface area contributed by atoms with Gasteiger partial charge >= 0.3 is 0 Å². The number of carbonyl (C=O) groups is 1. The quantitative estimate of drug-likeness (QED) is 0.897. The van der Waals surface area contributed by atoms with Crippen LogP contribution in [0, 0.1) is 5.92 Å². The molecule has 2 fully saturated rings. The lowest BCUT2D eigenvalue weighted by molar-refractivity contribution is -0.122. The average molecular weight is 309 g/mol. The Labute approximate surface area is 133 Å². The molecule has 0 radical (unpaired) electrons. The van der Waals surface area contributed by atoms with Crippen molar-refractivity contribution < 1.29 is 4.79 Å². The molecule has 2 aliphatic heterocycles. The van der Waals surface area contributed by atoms with E-state index in [-0.39, 0.29) is 24.4 Å². The van der Waals surface area contributed by atoms with Crippen LogP contribution >= 0.6 is 12.4 Å². The van der Waals surface area contributed by atoms with Crippen molar-refractivity contribution >= 4 is 18.3 Å². The first-order valence-corrected chi connectivity index (χ1v) is 7.81. The number of halogens is 1. The molecule has 3 rings (SSSR count). The summed E-state index contributed by atoms with van der Waals surface area (Å²) >= 11 is 0. The van der Waals surface area contributed by atoms with Gasteiger partial charge in [0.15, 0.2) is 0 Å². The zero-order valence-electron chi connectivity index (χ0n) is 12.5. The molecule has 2 N–H and O–H groups in total. The van der Waals surface area contributed by atoms with E-state index >= 15 is 0 Å². The molecule has 21 heavy (non-hydrogen) atoms. The van der Waals surface area contributed by atoms with Crippen LogP contribution in [0.3, 0.4) is 0 Å². The SMILES string of the molecule is CC(NC(=O)CC1CC2CCC(C1)N2)c1ccccc1.Cl. The lowest BCUT2D eigenvalue weighted by atomic mass is 9.89. The molecule has 0 aliphatic carbocycles. The van der Waals surface area contributed by atoms with Crippen molar-refractivity contribution in [1.29, 1.82) is 0 Å². The number of benzene rings is 1. The maximum absolute atomic E-state index is 12.2. The third-order valence-corrected chi connectivity index (χ3v) is 4.72. The Morgan fingerprint density at radius 1 is 1.24 bits per heavy atom. The summed E-state index contributed by atoms with van der Waals surface area (Å²) in [6.45, 7) is 2.05. The van der Waals surface area contributed by atoms with Crippen molar-refractivity contribution in [3.8, 4) is 0 Å². The van der Waals surface area contributed by atoms with E-state index in [4.69, 9.17) is 0 Å². The molecule has 1 amide bonds. The number of carbonyl (C=O) groups excluding carboxylic acids is 1. The minimum absolute atomic E-state index is 0. The van der Waals surface area contributed by atoms with Crippen LogP contribution in [0.4, 0.5) is 0 Å². The van der Waals surface area contributed by atoms with Crippen LogP contribution in [0.5, 0.6) is 0 Å². The van der Waals surface area contributed by atoms with Gasteiger partial charge in [-0.3, -0.25) is 4.79 Å². The van der Waals surface area contributed by atoms with Crippen LogP contribution < -0.4 is 10.6 Å². The fourth-order valence-corrected chi connectivity index (χ4v) is 3.73. The predicted octanol–water partition coefficient (Wildman–Crippen LogP) is 3.21. The summed E-state index contributed by atoms with van der Waals surface area (Å²) < 4.78 is 0. The van der Waals surface area contributed by atoms with E-state index in [2.05, 4.69) is 29.7 Å². The molecular weight excluding hydrogens is 284 g/mol. The zero-order chi connectivity index (χ0) is 13.9. The molecular formula is C17H25ClN2O. The number of piperidine rings is 1. The Morgan fingerprint density at radius 3 is 2.48 bits per heavy atom. The second-order valence-corrected chi connectivity index (χ2v) is 6.38. The van der Waals surface area contributed by atoms with E-state index in [9.17, 15) is 4.79 Å². The molecule has 4 heteroatoms. The molecule has 3 nitrogen and oxygen atoms in total. The van der Waals surface area contributed by atoms with Crippen molar-refractivity contribution in [2.75, 3.05) is 0 Å². The van der Waals surface area contributed by atoms with E-state index in [0.29, 0.717) is 24.4 Å². The Morgan fingerprint density at radius 2 is 1.86 bits per heavy atom. The summed E-state index contributed by atoms with van der Waals surface area (Å²) in [6.07, 6.45) is 5.62. The molecule has 1 aromatic carbocycles. The number of hydrogen-bond acceptors (Lipinski definition) is 2. The smallest absolute Gasteiger partial charge is 0.220 e. The van der Waals surface area contributed by atoms with Crippen LogP contribution in [0.1, 0.15) is 50.6 Å². The predicted molar refractivity (Wildman–Crippen MR) is 87.5 cm³/mol. The monoisotopic (exact) mass is 308 g/mol. The van der Waals surface area contributed by atoms with Crippen LogP contribution in [-0.2, 0) is 4.79 Å². The number of hydrogen-bond donors (Lipinski definition) is 2. The van der Waals surface area contributed by atoms with Crippen molar-refractivity contribution in [3.63, 3.8) is 0 Å². The summed E-state index contributed by atoms with van der Waals surface area (Å²) in [5.41, 5.74) is 1.17. The van der Waals surface area contributed by atoms with E-state index in [1.807, 2.05) is 18.2 Å². The van der Waals surface area contributed by atoms with Crippen molar-refractivity contribution in [3.05, 3.63) is 35.9 Å². The fraction of sp³-hybridized carbons (Fsp3) is 0.588. The molecule has 2 saturated heterocycles. The third kappa shape index (κ3) is 4.21. The average Bonchev–Trinajstić information content (AvgIpc) is 2.78. The van der Waals surface area contributed by atoms with Gasteiger partial charge in [0.1, 0.15) is 0 Å². The van der Waals surface area contributed by atoms with E-state index in [1.165, 1.54) is 31.2 Å². The van der Waals surface area contributed by atoms with E-state index < -0.39 is 0 Å². The summed E-state index contributed by atoms with van der Waals surface area (Å²) in [7, 11) is 0. The Kier molecular flexibility index (Phi) is 5.65. The van der Waals surface area contributed by atoms with Gasteiger partial charge < -0.3 is 10.6 Å². The number of fused-ring (bicyclic) bond motifs is 2. The highest BCUT2D eigenvalue weighted by atomic mass is 35.5. The second-order valence-electron chi connectivity index (χ2n) is 6.38. The first-order valence-electron chi connectivity index (χ1n) is 7.81. The lowest BCUT2D eigenvalue weighted by Crippen LogP contribution is -2.40. The Balaban J connectivity index is 0.00000161. The van der Waals surface area contributed by atoms with Crippen molar-refractivity contribution in [2.24, 2.45) is 5.92 Å². The van der Waals surface area contributed by atoms with E-state index in [0.717, 1.165) is 0 Å². The normalized spacial score (nSPS) is 28.5. The van der Waals surface area contributed by atoms with Crippen molar-refractivity contribution in [1.82, 2.24) is 10.6 Å². The van der Waals surface area contributed by atoms with Gasteiger partial charge in [-0.15, -0.1) is 12.4 Å². The topological polar surface area (TPSA) is 41.1 Å². The largest absolute Gasteiger partial charge is 0.350 e. The van der Waals surface area contributed by atoms with Gasteiger partial charge in [0.25, 0.3) is 0 Å². The molecule has 2 heterocycles. The molecule has 0 saturated carbocycles. The summed E-state index contributed by atoms with van der Waals surface area (Å²) in [5, 5.41) is 6.76. The van der Waals surface area contributed by atoms with Crippen LogP contribution in [0.25, 0.3) is 0 Å². The van der Waals surface area contributed by atoms with Crippen LogP contribution in [-0.4, -0.2) is 18.0 Å². The van der Waals surface area contributed by atoms with Crippen LogP contribution in [0.15, 0.2) is 30.3 Å². The van der Waals surface area contributed by atoms with Crippen LogP contribution in [0.2, 0.25) is 0 Å². The number of nitrogens with one attached hydrogen (secondary N) is 2. The highest BCUT2D eigenvalue weighted by Crippen LogP contribution is 2.32. The first kappa shape index (κ1) is 16.3. The summed E-state index contributed by atoms with van der Waals surface area (Å²) in [5.74, 6) is 0.768. The highest BCUT2D eigenvalue weighted by Gasteiger charge is 2.34. The van der Waals surface area contributed by atoms with Gasteiger partial charge in [-0.2, -0.15) is 0 Å². The zero-order valence-corrected chi connectivity index (χ0v) is 13.4. The summed E-state index contributed by atoms with van der Waals surface area (Å²) in [6, 6.07) is 11.6. The Hall–Kier alpha value is -1.06. The molecule has 0 spiro atoms. The van der Waals surface area contributed by atoms with Gasteiger partial charge in [0, 0.05) is 18.5 Å². The highest BCUT2D eigenvalue weighted by molar-refractivity contribution is 5.85. The minimum Gasteiger partial charge on any atom is -0.350 e. The fourth-order valence-electron chi connectivity index (χ4n) is 3.73. The lowest BCUT2D eigenvalue weighted by Gasteiger charge is -2.29. The van der Waals surface area contributed by atoms with E-state index in [1.54, 1.807) is 0 Å². The molecule has 2 aliphatic rings. The third-order valence-electron chi connectivity index (χ3n) is 4.72. The molecule has 2 bridgehead atoms. The van der Waals surface area contributed by atoms with Gasteiger partial charge in [0.2, 0.25) is 5.91 Å². The molecule has 3 unspecified atom stereocenters. The van der Waals surface area contributed by atoms with Gasteiger partial charge in [-0.1, -0.05) is 30.3 Å².